The van der Waals surface area contributed by atoms with E-state index in [2.05, 4.69) is 11.4 Å². The van der Waals surface area contributed by atoms with Crippen LogP contribution in [0.3, 0.4) is 0 Å². The van der Waals surface area contributed by atoms with E-state index in [1.807, 2.05) is 13.0 Å². The maximum Gasteiger partial charge on any atom is 0.282 e. The average Bonchev–Trinajstić information content (AvgIpc) is 2.47. The monoisotopic (exact) mass is 258 g/mol. The fourth-order valence-corrected chi connectivity index (χ4v) is 2.54. The molecule has 0 saturated carbocycles. The van der Waals surface area contributed by atoms with Gasteiger partial charge in [0.05, 0.1) is 24.7 Å². The summed E-state index contributed by atoms with van der Waals surface area (Å²) in [5.74, 6) is 0.0342. The first kappa shape index (κ1) is 13.6. The third kappa shape index (κ3) is 3.55. The van der Waals surface area contributed by atoms with Crippen molar-refractivity contribution in [3.63, 3.8) is 0 Å². The van der Waals surface area contributed by atoms with E-state index in [4.69, 9.17) is 5.26 Å². The Labute approximate surface area is 114 Å². The van der Waals surface area contributed by atoms with Gasteiger partial charge in [0.25, 0.3) is 5.91 Å². The first-order valence-corrected chi connectivity index (χ1v) is 6.86. The number of nitriles is 1. The van der Waals surface area contributed by atoms with Gasteiger partial charge in [0, 0.05) is 5.69 Å². The maximum absolute atomic E-state index is 12.2. The highest BCUT2D eigenvalue weighted by Gasteiger charge is 2.26. The van der Waals surface area contributed by atoms with E-state index in [1.165, 1.54) is 24.2 Å². The molecule has 0 aliphatic carbocycles. The summed E-state index contributed by atoms with van der Waals surface area (Å²) in [6, 6.07) is 9.08. The van der Waals surface area contributed by atoms with Gasteiger partial charge in [-0.25, -0.2) is 0 Å². The first-order chi connectivity index (χ1) is 9.20. The van der Waals surface area contributed by atoms with Gasteiger partial charge in [0.15, 0.2) is 6.04 Å². The van der Waals surface area contributed by atoms with Gasteiger partial charge < -0.3 is 10.2 Å². The molecule has 0 unspecified atom stereocenters. The highest BCUT2D eigenvalue weighted by Crippen LogP contribution is 2.09. The smallest absolute Gasteiger partial charge is 0.282 e. The van der Waals surface area contributed by atoms with Crippen LogP contribution in [-0.4, -0.2) is 25.0 Å². The van der Waals surface area contributed by atoms with E-state index in [-0.39, 0.29) is 11.9 Å². The van der Waals surface area contributed by atoms with Crippen LogP contribution in [0.1, 0.15) is 31.7 Å². The lowest BCUT2D eigenvalue weighted by atomic mass is 10.1. The van der Waals surface area contributed by atoms with E-state index in [0.717, 1.165) is 13.1 Å². The van der Waals surface area contributed by atoms with Crippen LogP contribution in [0.5, 0.6) is 0 Å². The molecule has 1 amide bonds. The van der Waals surface area contributed by atoms with Crippen molar-refractivity contribution in [3.05, 3.63) is 29.8 Å². The zero-order valence-corrected chi connectivity index (χ0v) is 11.3. The van der Waals surface area contributed by atoms with Crippen molar-refractivity contribution in [3.8, 4) is 6.07 Å². The summed E-state index contributed by atoms with van der Waals surface area (Å²) in [4.78, 5) is 13.6. The van der Waals surface area contributed by atoms with Crippen LogP contribution in [0, 0.1) is 11.3 Å². The van der Waals surface area contributed by atoms with Gasteiger partial charge in [0.2, 0.25) is 0 Å². The molecule has 2 rings (SSSR count). The Bertz CT molecular complexity index is 486. The fourth-order valence-electron chi connectivity index (χ4n) is 2.54. The van der Waals surface area contributed by atoms with Gasteiger partial charge in [-0.1, -0.05) is 6.07 Å². The number of piperidine rings is 1. The standard InChI is InChI=1S/C15H19N3O/c1-12(18-8-3-2-4-9-18)15(19)17-14-7-5-6-13(10-14)11-16/h5-7,10,12H,2-4,8-9H2,1H3,(H,17,19)/p+1/t12-/m1/s1. The number of anilines is 1. The van der Waals surface area contributed by atoms with E-state index in [1.54, 1.807) is 18.2 Å². The minimum absolute atomic E-state index is 0.0342. The van der Waals surface area contributed by atoms with Crippen LogP contribution in [0.2, 0.25) is 0 Å². The third-order valence-corrected chi connectivity index (χ3v) is 3.76. The predicted octanol–water partition coefficient (Wildman–Crippen LogP) is 0.954. The minimum Gasteiger partial charge on any atom is -0.325 e. The van der Waals surface area contributed by atoms with Crippen molar-refractivity contribution in [1.29, 1.82) is 5.26 Å². The molecule has 1 saturated heterocycles. The normalized spacial score (nSPS) is 17.5. The summed E-state index contributed by atoms with van der Waals surface area (Å²) in [5, 5.41) is 11.7. The molecule has 1 fully saturated rings. The molecule has 100 valence electrons. The Morgan fingerprint density at radius 3 is 2.79 bits per heavy atom. The molecule has 1 atom stereocenters. The molecule has 2 N–H and O–H groups in total. The van der Waals surface area contributed by atoms with Crippen molar-refractivity contribution >= 4 is 11.6 Å². The Balaban J connectivity index is 1.97. The second-order valence-corrected chi connectivity index (χ2v) is 5.12. The lowest BCUT2D eigenvalue weighted by Crippen LogP contribution is -3.17. The topological polar surface area (TPSA) is 57.3 Å². The van der Waals surface area contributed by atoms with Gasteiger partial charge in [-0.2, -0.15) is 5.26 Å². The molecule has 1 heterocycles. The second-order valence-electron chi connectivity index (χ2n) is 5.12. The Kier molecular flexibility index (Phi) is 4.53. The molecule has 1 aromatic carbocycles. The molecule has 1 aliphatic heterocycles. The highest BCUT2D eigenvalue weighted by molar-refractivity contribution is 5.93. The first-order valence-electron chi connectivity index (χ1n) is 6.86. The molecule has 1 aliphatic rings. The van der Waals surface area contributed by atoms with Crippen LogP contribution >= 0.6 is 0 Å². The molecular formula is C15H20N3O+. The van der Waals surface area contributed by atoms with Crippen molar-refractivity contribution in [2.24, 2.45) is 0 Å². The summed E-state index contributed by atoms with van der Waals surface area (Å²) in [7, 11) is 0. The number of amides is 1. The number of carbonyl (C=O) groups is 1. The van der Waals surface area contributed by atoms with Gasteiger partial charge in [0.1, 0.15) is 0 Å². The largest absolute Gasteiger partial charge is 0.325 e. The van der Waals surface area contributed by atoms with Crippen LogP contribution in [0.25, 0.3) is 0 Å². The number of quaternary nitrogens is 1. The average molecular weight is 258 g/mol. The molecule has 4 heteroatoms. The number of nitrogens with one attached hydrogen (secondary N) is 2. The number of carbonyl (C=O) groups excluding carboxylic acids is 1. The number of nitrogens with zero attached hydrogens (tertiary/aromatic N) is 1. The van der Waals surface area contributed by atoms with Crippen LogP contribution in [-0.2, 0) is 4.79 Å². The number of hydrogen-bond acceptors (Lipinski definition) is 2. The van der Waals surface area contributed by atoms with Crippen molar-refractivity contribution in [2.45, 2.75) is 32.2 Å². The third-order valence-electron chi connectivity index (χ3n) is 3.76. The van der Waals surface area contributed by atoms with E-state index < -0.39 is 0 Å². The number of benzene rings is 1. The van der Waals surface area contributed by atoms with Crippen LogP contribution in [0.4, 0.5) is 5.69 Å². The zero-order valence-electron chi connectivity index (χ0n) is 11.3. The van der Waals surface area contributed by atoms with Gasteiger partial charge >= 0.3 is 0 Å². The van der Waals surface area contributed by atoms with Gasteiger partial charge in [-0.3, -0.25) is 4.79 Å². The van der Waals surface area contributed by atoms with Crippen LogP contribution in [0.15, 0.2) is 24.3 Å². The summed E-state index contributed by atoms with van der Waals surface area (Å²) in [6.45, 7) is 4.13. The molecule has 1 aromatic rings. The Morgan fingerprint density at radius 2 is 2.11 bits per heavy atom. The minimum atomic E-state index is -0.0361. The lowest BCUT2D eigenvalue weighted by molar-refractivity contribution is -0.918. The SMILES string of the molecule is C[C@H](C(=O)Nc1cccc(C#N)c1)[NH+]1CCCCC1. The molecule has 0 aromatic heterocycles. The zero-order chi connectivity index (χ0) is 13.7. The van der Waals surface area contributed by atoms with Crippen molar-refractivity contribution in [2.75, 3.05) is 18.4 Å². The van der Waals surface area contributed by atoms with Crippen LogP contribution < -0.4 is 10.2 Å². The van der Waals surface area contributed by atoms with Crippen molar-refractivity contribution in [1.82, 2.24) is 0 Å². The number of likely N-dealkylation sites (tertiary alicyclic amines) is 1. The Morgan fingerprint density at radius 1 is 1.37 bits per heavy atom. The van der Waals surface area contributed by atoms with Gasteiger partial charge in [-0.15, -0.1) is 0 Å². The Hall–Kier alpha value is -1.86. The maximum atomic E-state index is 12.2. The molecule has 19 heavy (non-hydrogen) atoms. The lowest BCUT2D eigenvalue weighted by Gasteiger charge is -2.28. The summed E-state index contributed by atoms with van der Waals surface area (Å²) >= 11 is 0. The summed E-state index contributed by atoms with van der Waals surface area (Å²) < 4.78 is 0. The van der Waals surface area contributed by atoms with Crippen molar-refractivity contribution < 1.29 is 9.69 Å². The predicted molar refractivity (Wildman–Crippen MR) is 73.8 cm³/mol. The summed E-state index contributed by atoms with van der Waals surface area (Å²) in [6.07, 6.45) is 3.69. The second kappa shape index (κ2) is 6.35. The van der Waals surface area contributed by atoms with Gasteiger partial charge in [-0.05, 0) is 44.4 Å². The van der Waals surface area contributed by atoms with E-state index in [0.29, 0.717) is 11.3 Å². The summed E-state index contributed by atoms with van der Waals surface area (Å²) in [5.41, 5.74) is 1.27. The molecule has 0 spiro atoms. The fraction of sp³-hybridized carbons (Fsp3) is 0.467. The number of hydrogen-bond donors (Lipinski definition) is 2. The van der Waals surface area contributed by atoms with E-state index >= 15 is 0 Å². The highest BCUT2D eigenvalue weighted by atomic mass is 16.2. The molecule has 0 bridgehead atoms. The molecule has 0 radical (unpaired) electrons. The van der Waals surface area contributed by atoms with E-state index in [9.17, 15) is 4.79 Å². The molecule has 4 nitrogen and oxygen atoms in total. The molecular weight excluding hydrogens is 238 g/mol. The number of rotatable bonds is 3. The quantitative estimate of drug-likeness (QED) is 0.848.